The molecule has 0 spiro atoms. The number of hydrogen-bond acceptors (Lipinski definition) is 4. The zero-order valence-corrected chi connectivity index (χ0v) is 17.8. The highest BCUT2D eigenvalue weighted by Gasteiger charge is 2.22. The molecular weight excluding hydrogens is 431 g/mol. The molecule has 0 bridgehead atoms. The molecule has 1 aromatic rings. The molecular formula is C18H31IN4O2. The first-order chi connectivity index (χ1) is 11.7. The molecule has 2 rings (SSSR count). The van der Waals surface area contributed by atoms with Gasteiger partial charge in [-0.15, -0.1) is 24.0 Å². The van der Waals surface area contributed by atoms with E-state index in [1.165, 1.54) is 5.56 Å². The molecule has 142 valence electrons. The first-order valence-electron chi connectivity index (χ1n) is 8.70. The van der Waals surface area contributed by atoms with Crippen LogP contribution in [0.1, 0.15) is 25.5 Å². The predicted molar refractivity (Wildman–Crippen MR) is 113 cm³/mol. The highest BCUT2D eigenvalue weighted by atomic mass is 127. The fourth-order valence-electron chi connectivity index (χ4n) is 2.97. The van der Waals surface area contributed by atoms with Crippen LogP contribution >= 0.6 is 24.0 Å². The lowest BCUT2D eigenvalue weighted by atomic mass is 10.0. The summed E-state index contributed by atoms with van der Waals surface area (Å²) in [7, 11) is 1.68. The van der Waals surface area contributed by atoms with E-state index in [0.717, 1.165) is 45.1 Å². The second-order valence-electron chi connectivity index (χ2n) is 5.81. The zero-order chi connectivity index (χ0) is 17.4. The molecule has 0 radical (unpaired) electrons. The summed E-state index contributed by atoms with van der Waals surface area (Å²) in [4.78, 5) is 9.16. The Morgan fingerprint density at radius 2 is 1.84 bits per heavy atom. The molecule has 1 saturated heterocycles. The first kappa shape index (κ1) is 22.0. The lowest BCUT2D eigenvalue weighted by Crippen LogP contribution is -2.41. The van der Waals surface area contributed by atoms with Gasteiger partial charge < -0.3 is 20.1 Å². The van der Waals surface area contributed by atoms with Crippen molar-refractivity contribution in [3.05, 3.63) is 29.8 Å². The van der Waals surface area contributed by atoms with Gasteiger partial charge >= 0.3 is 0 Å². The SMILES string of the molecule is CCN(CC)C(N)=NCC(c1ccc(OC)cc1)N1CCOCC1.I. The van der Waals surface area contributed by atoms with Gasteiger partial charge in [0.25, 0.3) is 0 Å². The summed E-state index contributed by atoms with van der Waals surface area (Å²) in [6.45, 7) is 9.93. The Morgan fingerprint density at radius 3 is 2.36 bits per heavy atom. The highest BCUT2D eigenvalue weighted by Crippen LogP contribution is 2.24. The van der Waals surface area contributed by atoms with Crippen molar-refractivity contribution in [1.82, 2.24) is 9.80 Å². The van der Waals surface area contributed by atoms with E-state index in [4.69, 9.17) is 15.2 Å². The van der Waals surface area contributed by atoms with Gasteiger partial charge in [0, 0.05) is 26.2 Å². The second kappa shape index (κ2) is 11.5. The standard InChI is InChI=1S/C18H30N4O2.HI/c1-4-21(5-2)18(19)20-14-17(22-10-12-24-13-11-22)15-6-8-16(23-3)9-7-15;/h6-9,17H,4-5,10-14H2,1-3H3,(H2,19,20);1H. The lowest BCUT2D eigenvalue weighted by Gasteiger charge is -2.34. The Kier molecular flexibility index (Phi) is 10.1. The molecule has 1 aliphatic heterocycles. The van der Waals surface area contributed by atoms with E-state index in [-0.39, 0.29) is 30.0 Å². The molecule has 0 amide bonds. The third kappa shape index (κ3) is 6.31. The van der Waals surface area contributed by atoms with Crippen molar-refractivity contribution in [2.75, 3.05) is 53.0 Å². The largest absolute Gasteiger partial charge is 0.497 e. The minimum Gasteiger partial charge on any atom is -0.497 e. The number of halogens is 1. The van der Waals surface area contributed by atoms with E-state index in [9.17, 15) is 0 Å². The highest BCUT2D eigenvalue weighted by molar-refractivity contribution is 14.0. The van der Waals surface area contributed by atoms with Crippen LogP contribution in [0.4, 0.5) is 0 Å². The Labute approximate surface area is 168 Å². The van der Waals surface area contributed by atoms with Crippen molar-refractivity contribution in [3.8, 4) is 5.75 Å². The molecule has 1 unspecified atom stereocenters. The van der Waals surface area contributed by atoms with Gasteiger partial charge in [-0.1, -0.05) is 12.1 Å². The fraction of sp³-hybridized carbons (Fsp3) is 0.611. The third-order valence-corrected chi connectivity index (χ3v) is 4.50. The van der Waals surface area contributed by atoms with Crippen LogP contribution in [0.2, 0.25) is 0 Å². The van der Waals surface area contributed by atoms with Crippen LogP contribution < -0.4 is 10.5 Å². The topological polar surface area (TPSA) is 63.3 Å². The first-order valence-corrected chi connectivity index (χ1v) is 8.70. The summed E-state index contributed by atoms with van der Waals surface area (Å²) in [5, 5.41) is 0. The summed E-state index contributed by atoms with van der Waals surface area (Å²) in [6.07, 6.45) is 0. The van der Waals surface area contributed by atoms with E-state index < -0.39 is 0 Å². The van der Waals surface area contributed by atoms with Crippen LogP contribution in [-0.4, -0.2) is 68.8 Å². The van der Waals surface area contributed by atoms with E-state index >= 15 is 0 Å². The number of hydrogen-bond donors (Lipinski definition) is 1. The van der Waals surface area contributed by atoms with Crippen LogP contribution in [0, 0.1) is 0 Å². The number of aliphatic imine (C=N–C) groups is 1. The van der Waals surface area contributed by atoms with Crippen molar-refractivity contribution in [3.63, 3.8) is 0 Å². The van der Waals surface area contributed by atoms with Crippen LogP contribution in [-0.2, 0) is 4.74 Å². The van der Waals surface area contributed by atoms with Crippen molar-refractivity contribution in [1.29, 1.82) is 0 Å². The number of benzene rings is 1. The van der Waals surface area contributed by atoms with Crippen molar-refractivity contribution in [2.45, 2.75) is 19.9 Å². The van der Waals surface area contributed by atoms with Gasteiger partial charge in [0.15, 0.2) is 5.96 Å². The smallest absolute Gasteiger partial charge is 0.191 e. The Balaban J connectivity index is 0.00000312. The average molecular weight is 462 g/mol. The number of methoxy groups -OCH3 is 1. The molecule has 1 heterocycles. The molecule has 1 aliphatic rings. The van der Waals surface area contributed by atoms with E-state index in [1.54, 1.807) is 7.11 Å². The molecule has 1 aromatic carbocycles. The molecule has 1 atom stereocenters. The Bertz CT molecular complexity index is 514. The maximum absolute atomic E-state index is 6.15. The van der Waals surface area contributed by atoms with E-state index in [2.05, 4.69) is 40.8 Å². The van der Waals surface area contributed by atoms with Crippen LogP contribution in [0.3, 0.4) is 0 Å². The summed E-state index contributed by atoms with van der Waals surface area (Å²) in [5.41, 5.74) is 7.38. The summed E-state index contributed by atoms with van der Waals surface area (Å²) < 4.78 is 10.8. The summed E-state index contributed by atoms with van der Waals surface area (Å²) >= 11 is 0. The van der Waals surface area contributed by atoms with Gasteiger partial charge in [-0.05, 0) is 31.5 Å². The fourth-order valence-corrected chi connectivity index (χ4v) is 2.97. The van der Waals surface area contributed by atoms with Crippen molar-refractivity contribution in [2.24, 2.45) is 10.7 Å². The Hall–Kier alpha value is -1.06. The van der Waals surface area contributed by atoms with Gasteiger partial charge in [-0.2, -0.15) is 0 Å². The molecule has 0 aliphatic carbocycles. The lowest BCUT2D eigenvalue weighted by molar-refractivity contribution is 0.0179. The minimum absolute atomic E-state index is 0. The van der Waals surface area contributed by atoms with Gasteiger partial charge in [0.2, 0.25) is 0 Å². The average Bonchev–Trinajstić information content (AvgIpc) is 2.64. The molecule has 7 heteroatoms. The van der Waals surface area contributed by atoms with Gasteiger partial charge in [-0.3, -0.25) is 9.89 Å². The predicted octanol–water partition coefficient (Wildman–Crippen LogP) is 2.34. The second-order valence-corrected chi connectivity index (χ2v) is 5.81. The van der Waals surface area contributed by atoms with E-state index in [1.807, 2.05) is 12.1 Å². The van der Waals surface area contributed by atoms with Crippen LogP contribution in [0.25, 0.3) is 0 Å². The third-order valence-electron chi connectivity index (χ3n) is 4.50. The van der Waals surface area contributed by atoms with Crippen LogP contribution in [0.15, 0.2) is 29.3 Å². The molecule has 2 N–H and O–H groups in total. The summed E-state index contributed by atoms with van der Waals surface area (Å²) in [5.74, 6) is 1.48. The zero-order valence-electron chi connectivity index (χ0n) is 15.5. The normalized spacial score (nSPS) is 16.8. The number of morpholine rings is 1. The van der Waals surface area contributed by atoms with Crippen LogP contribution in [0.5, 0.6) is 5.75 Å². The molecule has 0 saturated carbocycles. The van der Waals surface area contributed by atoms with Crippen molar-refractivity contribution >= 4 is 29.9 Å². The maximum atomic E-state index is 6.15. The number of ether oxygens (including phenoxy) is 2. The maximum Gasteiger partial charge on any atom is 0.191 e. The van der Waals surface area contributed by atoms with Gasteiger partial charge in [0.05, 0.1) is 32.9 Å². The molecule has 0 aromatic heterocycles. The number of nitrogens with two attached hydrogens (primary N) is 1. The van der Waals surface area contributed by atoms with Gasteiger partial charge in [-0.25, -0.2) is 0 Å². The molecule has 6 nitrogen and oxygen atoms in total. The molecule has 1 fully saturated rings. The van der Waals surface area contributed by atoms with Crippen molar-refractivity contribution < 1.29 is 9.47 Å². The number of nitrogens with zero attached hydrogens (tertiary/aromatic N) is 3. The molecule has 25 heavy (non-hydrogen) atoms. The summed E-state index contributed by atoms with van der Waals surface area (Å²) in [6, 6.07) is 8.43. The van der Waals surface area contributed by atoms with E-state index in [0.29, 0.717) is 12.5 Å². The van der Waals surface area contributed by atoms with Gasteiger partial charge in [0.1, 0.15) is 5.75 Å². The Morgan fingerprint density at radius 1 is 1.24 bits per heavy atom. The quantitative estimate of drug-likeness (QED) is 0.383. The minimum atomic E-state index is 0. The number of guanidine groups is 1. The monoisotopic (exact) mass is 462 g/mol. The number of rotatable bonds is 7.